The number of aromatic nitrogens is 4. The second-order valence-corrected chi connectivity index (χ2v) is 5.81. The molecule has 0 saturated carbocycles. The average molecular weight is 310 g/mol. The van der Waals surface area contributed by atoms with Gasteiger partial charge in [-0.1, -0.05) is 12.1 Å². The molecule has 0 atom stereocenters. The second kappa shape index (κ2) is 5.06. The van der Waals surface area contributed by atoms with Gasteiger partial charge in [0.05, 0.1) is 18.0 Å². The summed E-state index contributed by atoms with van der Waals surface area (Å²) < 4.78 is 2.08. The van der Waals surface area contributed by atoms with Gasteiger partial charge in [-0.15, -0.1) is 0 Å². The lowest BCUT2D eigenvalue weighted by Gasteiger charge is -2.10. The summed E-state index contributed by atoms with van der Waals surface area (Å²) in [5.41, 5.74) is 6.89. The number of H-pyrrole nitrogens is 1. The smallest absolute Gasteiger partial charge is 0.0992 e. The number of hydrogen-bond acceptors (Lipinski definition) is 2. The molecule has 0 radical (unpaired) electrons. The summed E-state index contributed by atoms with van der Waals surface area (Å²) in [6, 6.07) is 14.7. The molecule has 5 rings (SSSR count). The van der Waals surface area contributed by atoms with E-state index in [1.807, 2.05) is 43.2 Å². The van der Waals surface area contributed by atoms with Crippen LogP contribution in [0.4, 0.5) is 0 Å². The molecule has 0 unspecified atom stereocenters. The topological polar surface area (TPSA) is 46.0 Å². The Morgan fingerprint density at radius 3 is 2.71 bits per heavy atom. The fourth-order valence-electron chi connectivity index (χ4n) is 3.28. The van der Waals surface area contributed by atoms with Crippen molar-refractivity contribution in [3.05, 3.63) is 79.8 Å². The van der Waals surface area contributed by atoms with Crippen LogP contribution in [0.5, 0.6) is 0 Å². The Morgan fingerprint density at radius 2 is 1.79 bits per heavy atom. The van der Waals surface area contributed by atoms with Gasteiger partial charge in [-0.25, -0.2) is 4.98 Å². The molecule has 0 aliphatic carbocycles. The first-order chi connectivity index (χ1) is 11.9. The van der Waals surface area contributed by atoms with Gasteiger partial charge in [0, 0.05) is 41.3 Å². The minimum Gasteiger partial charge on any atom is -0.361 e. The monoisotopic (exact) mass is 310 g/mol. The Morgan fingerprint density at radius 1 is 0.875 bits per heavy atom. The van der Waals surface area contributed by atoms with Gasteiger partial charge in [-0.2, -0.15) is 0 Å². The van der Waals surface area contributed by atoms with Crippen LogP contribution in [-0.4, -0.2) is 19.4 Å². The van der Waals surface area contributed by atoms with Gasteiger partial charge >= 0.3 is 0 Å². The van der Waals surface area contributed by atoms with Gasteiger partial charge in [-0.05, 0) is 47.0 Å². The van der Waals surface area contributed by atoms with Crippen LogP contribution in [0.15, 0.2) is 79.8 Å². The number of nitrogens with one attached hydrogen (secondary N) is 1. The van der Waals surface area contributed by atoms with Gasteiger partial charge < -0.3 is 9.38 Å². The maximum atomic E-state index is 4.32. The van der Waals surface area contributed by atoms with Crippen molar-refractivity contribution in [2.45, 2.75) is 0 Å². The number of nitrogens with zero attached hydrogens (tertiary/aromatic N) is 3. The molecule has 0 bridgehead atoms. The molecule has 0 aliphatic heterocycles. The first-order valence-electron chi connectivity index (χ1n) is 7.83. The summed E-state index contributed by atoms with van der Waals surface area (Å²) in [5.74, 6) is 0. The van der Waals surface area contributed by atoms with Gasteiger partial charge in [-0.3, -0.25) is 4.98 Å². The Labute approximate surface area is 138 Å². The number of pyridine rings is 2. The largest absolute Gasteiger partial charge is 0.361 e. The predicted octanol–water partition coefficient (Wildman–Crippen LogP) is 4.54. The highest BCUT2D eigenvalue weighted by Gasteiger charge is 2.11. The van der Waals surface area contributed by atoms with Gasteiger partial charge in [0.1, 0.15) is 0 Å². The average Bonchev–Trinajstić information content (AvgIpc) is 3.30. The molecule has 114 valence electrons. The third-order valence-corrected chi connectivity index (χ3v) is 4.42. The highest BCUT2D eigenvalue weighted by Crippen LogP contribution is 2.33. The lowest BCUT2D eigenvalue weighted by atomic mass is 9.99. The molecule has 0 fully saturated rings. The molecule has 4 heteroatoms. The van der Waals surface area contributed by atoms with Gasteiger partial charge in [0.2, 0.25) is 0 Å². The fourth-order valence-corrected chi connectivity index (χ4v) is 3.28. The number of imidazole rings is 1. The van der Waals surface area contributed by atoms with Crippen LogP contribution in [0.3, 0.4) is 0 Å². The number of benzene rings is 1. The fraction of sp³-hybridized carbons (Fsp3) is 0. The minimum absolute atomic E-state index is 1.09. The zero-order chi connectivity index (χ0) is 15.9. The lowest BCUT2D eigenvalue weighted by molar-refractivity contribution is 1.16. The zero-order valence-electron chi connectivity index (χ0n) is 12.8. The van der Waals surface area contributed by atoms with Crippen molar-refractivity contribution in [3.63, 3.8) is 0 Å². The number of hydrogen-bond donors (Lipinski definition) is 1. The first kappa shape index (κ1) is 13.1. The van der Waals surface area contributed by atoms with E-state index in [0.29, 0.717) is 0 Å². The Balaban J connectivity index is 1.83. The van der Waals surface area contributed by atoms with Gasteiger partial charge in [0.25, 0.3) is 0 Å². The van der Waals surface area contributed by atoms with Crippen molar-refractivity contribution in [3.8, 4) is 22.3 Å². The Bertz CT molecular complexity index is 1150. The summed E-state index contributed by atoms with van der Waals surface area (Å²) in [5, 5.41) is 1.22. The van der Waals surface area contributed by atoms with Crippen LogP contribution in [0.2, 0.25) is 0 Å². The quantitative estimate of drug-likeness (QED) is 0.520. The standard InChI is InChI=1S/C20H14N4/c1-2-16(17-6-9-23-19(17)3-1)15-10-18(14-4-7-21-8-5-14)20-11-22-13-24(20)12-15/h1-13,23H. The van der Waals surface area contributed by atoms with E-state index in [1.54, 1.807) is 0 Å². The number of rotatable bonds is 2. The van der Waals surface area contributed by atoms with Crippen LogP contribution in [0, 0.1) is 0 Å². The van der Waals surface area contributed by atoms with Crippen molar-refractivity contribution in [1.82, 2.24) is 19.4 Å². The SMILES string of the molecule is c1cc(-c2cc(-c3ccncc3)c3cncn3c2)c2cc[nH]c2c1. The molecule has 4 heterocycles. The summed E-state index contributed by atoms with van der Waals surface area (Å²) in [6.07, 6.45) is 11.5. The van der Waals surface area contributed by atoms with Crippen molar-refractivity contribution in [2.24, 2.45) is 0 Å². The van der Waals surface area contributed by atoms with Crippen molar-refractivity contribution >= 4 is 16.4 Å². The van der Waals surface area contributed by atoms with E-state index in [-0.39, 0.29) is 0 Å². The molecule has 5 aromatic rings. The molecule has 1 N–H and O–H groups in total. The molecule has 24 heavy (non-hydrogen) atoms. The maximum absolute atomic E-state index is 4.32. The van der Waals surface area contributed by atoms with Crippen molar-refractivity contribution in [2.75, 3.05) is 0 Å². The highest BCUT2D eigenvalue weighted by atomic mass is 15.0. The van der Waals surface area contributed by atoms with E-state index in [2.05, 4.69) is 55.9 Å². The third-order valence-electron chi connectivity index (χ3n) is 4.42. The van der Waals surface area contributed by atoms with E-state index in [1.165, 1.54) is 10.9 Å². The molecular weight excluding hydrogens is 296 g/mol. The molecule has 0 saturated heterocycles. The molecule has 4 nitrogen and oxygen atoms in total. The van der Waals surface area contributed by atoms with Gasteiger partial charge in [0.15, 0.2) is 0 Å². The van der Waals surface area contributed by atoms with E-state index in [0.717, 1.165) is 27.7 Å². The molecule has 0 amide bonds. The normalized spacial score (nSPS) is 11.3. The van der Waals surface area contributed by atoms with Crippen LogP contribution >= 0.6 is 0 Å². The first-order valence-corrected chi connectivity index (χ1v) is 7.83. The summed E-state index contributed by atoms with van der Waals surface area (Å²) in [7, 11) is 0. The van der Waals surface area contributed by atoms with Crippen LogP contribution in [0.25, 0.3) is 38.7 Å². The highest BCUT2D eigenvalue weighted by molar-refractivity contribution is 5.96. The minimum atomic E-state index is 1.09. The van der Waals surface area contributed by atoms with E-state index in [4.69, 9.17) is 0 Å². The lowest BCUT2D eigenvalue weighted by Crippen LogP contribution is -1.90. The molecule has 4 aromatic heterocycles. The second-order valence-electron chi connectivity index (χ2n) is 5.81. The van der Waals surface area contributed by atoms with Crippen molar-refractivity contribution < 1.29 is 0 Å². The predicted molar refractivity (Wildman–Crippen MR) is 95.7 cm³/mol. The summed E-state index contributed by atoms with van der Waals surface area (Å²) in [4.78, 5) is 11.7. The van der Waals surface area contributed by atoms with E-state index < -0.39 is 0 Å². The van der Waals surface area contributed by atoms with Crippen LogP contribution < -0.4 is 0 Å². The summed E-state index contributed by atoms with van der Waals surface area (Å²) in [6.45, 7) is 0. The van der Waals surface area contributed by atoms with Crippen LogP contribution in [0.1, 0.15) is 0 Å². The molecule has 0 aliphatic rings. The zero-order valence-corrected chi connectivity index (χ0v) is 12.8. The maximum Gasteiger partial charge on any atom is 0.0992 e. The van der Waals surface area contributed by atoms with E-state index in [9.17, 15) is 0 Å². The number of aromatic amines is 1. The van der Waals surface area contributed by atoms with E-state index >= 15 is 0 Å². The Kier molecular flexibility index (Phi) is 2.76. The summed E-state index contributed by atoms with van der Waals surface area (Å²) >= 11 is 0. The molecule has 0 spiro atoms. The molecular formula is C20H14N4. The van der Waals surface area contributed by atoms with Crippen LogP contribution in [-0.2, 0) is 0 Å². The Hall–Kier alpha value is -3.40. The third kappa shape index (κ3) is 1.93. The molecule has 1 aromatic carbocycles. The number of fused-ring (bicyclic) bond motifs is 2. The van der Waals surface area contributed by atoms with Crippen molar-refractivity contribution in [1.29, 1.82) is 0 Å².